The first kappa shape index (κ1) is 12.5. The maximum Gasteiger partial charge on any atom is 0.307 e. The van der Waals surface area contributed by atoms with Gasteiger partial charge in [-0.2, -0.15) is 0 Å². The Bertz CT molecular complexity index is 352. The maximum atomic E-state index is 10.6. The van der Waals surface area contributed by atoms with E-state index >= 15 is 0 Å². The third-order valence-electron chi connectivity index (χ3n) is 1.97. The van der Waals surface area contributed by atoms with Crippen LogP contribution >= 0.6 is 27.5 Å². The SMILES string of the molecule is O=C(O)Cc1cc(Br)cc(CCCCl)c1. The number of aryl methyl sites for hydroxylation is 1. The molecule has 82 valence electrons. The first-order valence-corrected chi connectivity index (χ1v) is 6.00. The molecule has 15 heavy (non-hydrogen) atoms. The molecule has 0 aliphatic carbocycles. The highest BCUT2D eigenvalue weighted by Crippen LogP contribution is 2.17. The summed E-state index contributed by atoms with van der Waals surface area (Å²) >= 11 is 8.98. The summed E-state index contributed by atoms with van der Waals surface area (Å²) in [4.78, 5) is 10.6. The molecule has 0 aromatic heterocycles. The fourth-order valence-electron chi connectivity index (χ4n) is 1.41. The highest BCUT2D eigenvalue weighted by Gasteiger charge is 2.03. The van der Waals surface area contributed by atoms with Crippen LogP contribution in [0.3, 0.4) is 0 Å². The van der Waals surface area contributed by atoms with E-state index < -0.39 is 5.97 Å². The van der Waals surface area contributed by atoms with E-state index in [0.29, 0.717) is 5.88 Å². The molecule has 0 radical (unpaired) electrons. The van der Waals surface area contributed by atoms with Crippen LogP contribution in [0, 0.1) is 0 Å². The zero-order chi connectivity index (χ0) is 11.3. The van der Waals surface area contributed by atoms with Crippen LogP contribution in [0.5, 0.6) is 0 Å². The molecule has 0 saturated carbocycles. The molecule has 0 heterocycles. The molecule has 0 amide bonds. The van der Waals surface area contributed by atoms with Crippen molar-refractivity contribution < 1.29 is 9.90 Å². The molecular formula is C11H12BrClO2. The summed E-state index contributed by atoms with van der Waals surface area (Å²) in [7, 11) is 0. The van der Waals surface area contributed by atoms with Gasteiger partial charge >= 0.3 is 5.97 Å². The van der Waals surface area contributed by atoms with Crippen molar-refractivity contribution >= 4 is 33.5 Å². The Labute approximate surface area is 102 Å². The van der Waals surface area contributed by atoms with E-state index in [2.05, 4.69) is 15.9 Å². The van der Waals surface area contributed by atoms with Crippen molar-refractivity contribution in [2.45, 2.75) is 19.3 Å². The number of rotatable bonds is 5. The quantitative estimate of drug-likeness (QED) is 0.846. The molecule has 4 heteroatoms. The van der Waals surface area contributed by atoms with Gasteiger partial charge in [-0.25, -0.2) is 0 Å². The molecule has 1 aromatic carbocycles. The number of benzene rings is 1. The van der Waals surface area contributed by atoms with Crippen LogP contribution in [0.25, 0.3) is 0 Å². The van der Waals surface area contributed by atoms with Crippen molar-refractivity contribution in [2.75, 3.05) is 5.88 Å². The summed E-state index contributed by atoms with van der Waals surface area (Å²) in [5, 5.41) is 8.69. The average Bonchev–Trinajstić information content (AvgIpc) is 2.12. The first-order valence-electron chi connectivity index (χ1n) is 4.68. The van der Waals surface area contributed by atoms with Gasteiger partial charge in [-0.1, -0.05) is 22.0 Å². The first-order chi connectivity index (χ1) is 7.11. The number of aliphatic carboxylic acids is 1. The lowest BCUT2D eigenvalue weighted by atomic mass is 10.1. The van der Waals surface area contributed by atoms with Gasteiger partial charge in [0.25, 0.3) is 0 Å². The van der Waals surface area contributed by atoms with Crippen molar-refractivity contribution in [2.24, 2.45) is 0 Å². The van der Waals surface area contributed by atoms with Gasteiger partial charge in [0.1, 0.15) is 0 Å². The van der Waals surface area contributed by atoms with Gasteiger partial charge in [0.15, 0.2) is 0 Å². The highest BCUT2D eigenvalue weighted by atomic mass is 79.9. The van der Waals surface area contributed by atoms with Gasteiger partial charge < -0.3 is 5.11 Å². The Morgan fingerprint density at radius 1 is 1.33 bits per heavy atom. The normalized spacial score (nSPS) is 10.3. The molecule has 1 N–H and O–H groups in total. The zero-order valence-corrected chi connectivity index (χ0v) is 10.5. The molecular weight excluding hydrogens is 279 g/mol. The van der Waals surface area contributed by atoms with E-state index in [1.807, 2.05) is 18.2 Å². The van der Waals surface area contributed by atoms with Gasteiger partial charge in [-0.3, -0.25) is 4.79 Å². The molecule has 0 fully saturated rings. The lowest BCUT2D eigenvalue weighted by Crippen LogP contribution is -2.01. The number of carbonyl (C=O) groups is 1. The number of carboxylic acids is 1. The molecule has 0 bridgehead atoms. The summed E-state index contributed by atoms with van der Waals surface area (Å²) in [6, 6.07) is 5.75. The van der Waals surface area contributed by atoms with Crippen molar-refractivity contribution in [3.8, 4) is 0 Å². The molecule has 2 nitrogen and oxygen atoms in total. The summed E-state index contributed by atoms with van der Waals surface area (Å²) in [5.41, 5.74) is 1.95. The largest absolute Gasteiger partial charge is 0.481 e. The minimum absolute atomic E-state index is 0.0628. The second kappa shape index (κ2) is 6.13. The molecule has 0 aliphatic rings. The molecule has 0 spiro atoms. The highest BCUT2D eigenvalue weighted by molar-refractivity contribution is 9.10. The van der Waals surface area contributed by atoms with E-state index in [-0.39, 0.29) is 6.42 Å². The smallest absolute Gasteiger partial charge is 0.307 e. The number of hydrogen-bond donors (Lipinski definition) is 1. The monoisotopic (exact) mass is 290 g/mol. The van der Waals surface area contributed by atoms with E-state index in [0.717, 1.165) is 28.4 Å². The van der Waals surface area contributed by atoms with Crippen LogP contribution in [-0.4, -0.2) is 17.0 Å². The molecule has 0 unspecified atom stereocenters. The zero-order valence-electron chi connectivity index (χ0n) is 8.17. The summed E-state index contributed by atoms with van der Waals surface area (Å²) in [5.74, 6) is -0.183. The fraction of sp³-hybridized carbons (Fsp3) is 0.364. The Morgan fingerprint density at radius 2 is 2.00 bits per heavy atom. The van der Waals surface area contributed by atoms with E-state index in [1.54, 1.807) is 0 Å². The number of halogens is 2. The average molecular weight is 292 g/mol. The molecule has 0 aliphatic heterocycles. The second-order valence-electron chi connectivity index (χ2n) is 3.33. The Balaban J connectivity index is 2.79. The predicted octanol–water partition coefficient (Wildman–Crippen LogP) is 3.25. The minimum atomic E-state index is -0.809. The Hall–Kier alpha value is -0.540. The van der Waals surface area contributed by atoms with Gasteiger partial charge in [-0.15, -0.1) is 11.6 Å². The van der Waals surface area contributed by atoms with Crippen LogP contribution in [0.1, 0.15) is 17.5 Å². The standard InChI is InChI=1S/C11H12BrClO2/c12-10-5-8(2-1-3-13)4-9(6-10)7-11(14)15/h4-6H,1-3,7H2,(H,14,15). The maximum absolute atomic E-state index is 10.6. The van der Waals surface area contributed by atoms with Crippen LogP contribution in [0.4, 0.5) is 0 Å². The van der Waals surface area contributed by atoms with Gasteiger partial charge in [0.05, 0.1) is 6.42 Å². The Kier molecular flexibility index (Phi) is 5.12. The van der Waals surface area contributed by atoms with E-state index in [4.69, 9.17) is 16.7 Å². The van der Waals surface area contributed by atoms with Crippen molar-refractivity contribution in [3.05, 3.63) is 33.8 Å². The van der Waals surface area contributed by atoms with Crippen molar-refractivity contribution in [1.82, 2.24) is 0 Å². The molecule has 1 rings (SSSR count). The lowest BCUT2D eigenvalue weighted by Gasteiger charge is -2.04. The molecule has 1 aromatic rings. The van der Waals surface area contributed by atoms with E-state index in [1.165, 1.54) is 0 Å². The summed E-state index contributed by atoms with van der Waals surface area (Å²) < 4.78 is 0.922. The van der Waals surface area contributed by atoms with Gasteiger partial charge in [-0.05, 0) is 36.1 Å². The fourth-order valence-corrected chi connectivity index (χ4v) is 2.13. The van der Waals surface area contributed by atoms with Crippen LogP contribution in [0.15, 0.2) is 22.7 Å². The number of alkyl halides is 1. The van der Waals surface area contributed by atoms with Crippen molar-refractivity contribution in [3.63, 3.8) is 0 Å². The molecule has 0 saturated heterocycles. The third-order valence-corrected chi connectivity index (χ3v) is 2.70. The third kappa shape index (κ3) is 4.67. The summed E-state index contributed by atoms with van der Waals surface area (Å²) in [6.45, 7) is 0. The minimum Gasteiger partial charge on any atom is -0.481 e. The van der Waals surface area contributed by atoms with Gasteiger partial charge in [0, 0.05) is 10.4 Å². The topological polar surface area (TPSA) is 37.3 Å². The predicted molar refractivity (Wildman–Crippen MR) is 64.5 cm³/mol. The van der Waals surface area contributed by atoms with Gasteiger partial charge in [0.2, 0.25) is 0 Å². The molecule has 0 atom stereocenters. The number of carboxylic acid groups (broad SMARTS) is 1. The second-order valence-corrected chi connectivity index (χ2v) is 4.62. The van der Waals surface area contributed by atoms with E-state index in [9.17, 15) is 4.79 Å². The van der Waals surface area contributed by atoms with Crippen LogP contribution in [0.2, 0.25) is 0 Å². The lowest BCUT2D eigenvalue weighted by molar-refractivity contribution is -0.136. The van der Waals surface area contributed by atoms with Crippen LogP contribution < -0.4 is 0 Å². The van der Waals surface area contributed by atoms with Crippen LogP contribution in [-0.2, 0) is 17.6 Å². The summed E-state index contributed by atoms with van der Waals surface area (Å²) in [6.07, 6.45) is 1.85. The van der Waals surface area contributed by atoms with Crippen molar-refractivity contribution in [1.29, 1.82) is 0 Å². The number of hydrogen-bond acceptors (Lipinski definition) is 1. The Morgan fingerprint density at radius 3 is 2.60 bits per heavy atom.